The molecule has 154 valence electrons. The van der Waals surface area contributed by atoms with Gasteiger partial charge in [-0.05, 0) is 43.1 Å². The first-order valence-corrected chi connectivity index (χ1v) is 9.60. The predicted octanol–water partition coefficient (Wildman–Crippen LogP) is 3.11. The molecule has 0 bridgehead atoms. The van der Waals surface area contributed by atoms with E-state index < -0.39 is 0 Å². The number of guanidine groups is 1. The van der Waals surface area contributed by atoms with Crippen molar-refractivity contribution in [2.24, 2.45) is 10.9 Å². The summed E-state index contributed by atoms with van der Waals surface area (Å²) in [6, 6.07) is 6.62. The number of halogens is 1. The second kappa shape index (κ2) is 12.3. The van der Waals surface area contributed by atoms with Crippen LogP contribution in [-0.2, 0) is 6.54 Å². The molecular formula is C20H35IN4O2. The summed E-state index contributed by atoms with van der Waals surface area (Å²) in [6.45, 7) is 10.9. The van der Waals surface area contributed by atoms with E-state index in [2.05, 4.69) is 47.4 Å². The number of nitrogens with one attached hydrogen (secondary N) is 2. The average molecular weight is 490 g/mol. The standard InChI is InChI=1S/C20H34N4O2.HI/c1-6-24(7-2)10-11-26-18-9-8-16(13-19(18)25-5)14-22-20(21-4)23-17-12-15(17)3;/h8-9,13,15,17H,6-7,10-12,14H2,1-5H3,(H2,21,22,23);1H. The molecule has 1 saturated carbocycles. The minimum atomic E-state index is 0. The van der Waals surface area contributed by atoms with Crippen LogP contribution in [0, 0.1) is 5.92 Å². The molecule has 0 saturated heterocycles. The van der Waals surface area contributed by atoms with Gasteiger partial charge in [0.15, 0.2) is 17.5 Å². The molecule has 7 heteroatoms. The van der Waals surface area contributed by atoms with E-state index in [4.69, 9.17) is 9.47 Å². The fourth-order valence-corrected chi connectivity index (χ4v) is 2.84. The molecule has 1 aliphatic carbocycles. The lowest BCUT2D eigenvalue weighted by atomic mass is 10.2. The van der Waals surface area contributed by atoms with E-state index in [0.717, 1.165) is 48.6 Å². The molecule has 2 atom stereocenters. The third-order valence-electron chi connectivity index (χ3n) is 4.90. The lowest BCUT2D eigenvalue weighted by Gasteiger charge is -2.19. The van der Waals surface area contributed by atoms with E-state index in [1.807, 2.05) is 12.1 Å². The quantitative estimate of drug-likeness (QED) is 0.300. The number of aliphatic imine (C=N–C) groups is 1. The monoisotopic (exact) mass is 490 g/mol. The largest absolute Gasteiger partial charge is 0.493 e. The Morgan fingerprint density at radius 3 is 2.52 bits per heavy atom. The smallest absolute Gasteiger partial charge is 0.191 e. The van der Waals surface area contributed by atoms with Gasteiger partial charge in [0.25, 0.3) is 0 Å². The highest BCUT2D eigenvalue weighted by Gasteiger charge is 2.33. The minimum absolute atomic E-state index is 0. The third-order valence-corrected chi connectivity index (χ3v) is 4.90. The molecule has 27 heavy (non-hydrogen) atoms. The molecule has 6 nitrogen and oxygen atoms in total. The predicted molar refractivity (Wildman–Crippen MR) is 123 cm³/mol. The number of likely N-dealkylation sites (N-methyl/N-ethyl adjacent to an activating group) is 1. The average Bonchev–Trinajstić information content (AvgIpc) is 3.37. The van der Waals surface area contributed by atoms with Gasteiger partial charge in [-0.2, -0.15) is 0 Å². The van der Waals surface area contributed by atoms with Crippen molar-refractivity contribution in [3.8, 4) is 11.5 Å². The summed E-state index contributed by atoms with van der Waals surface area (Å²) in [5.74, 6) is 3.14. The van der Waals surface area contributed by atoms with Gasteiger partial charge in [0.05, 0.1) is 7.11 Å². The molecule has 0 heterocycles. The molecule has 1 aromatic carbocycles. The maximum Gasteiger partial charge on any atom is 0.191 e. The van der Waals surface area contributed by atoms with E-state index >= 15 is 0 Å². The molecular weight excluding hydrogens is 455 g/mol. The van der Waals surface area contributed by atoms with Crippen LogP contribution in [0.3, 0.4) is 0 Å². The van der Waals surface area contributed by atoms with Crippen LogP contribution in [0.2, 0.25) is 0 Å². The zero-order valence-electron chi connectivity index (χ0n) is 17.2. The van der Waals surface area contributed by atoms with E-state index in [-0.39, 0.29) is 24.0 Å². The van der Waals surface area contributed by atoms with Crippen LogP contribution in [0.15, 0.2) is 23.2 Å². The van der Waals surface area contributed by atoms with Crippen LogP contribution in [0.5, 0.6) is 11.5 Å². The second-order valence-corrected chi connectivity index (χ2v) is 6.75. The fourth-order valence-electron chi connectivity index (χ4n) is 2.84. The van der Waals surface area contributed by atoms with Crippen molar-refractivity contribution in [1.82, 2.24) is 15.5 Å². The zero-order valence-corrected chi connectivity index (χ0v) is 19.6. The summed E-state index contributed by atoms with van der Waals surface area (Å²) < 4.78 is 11.4. The maximum absolute atomic E-state index is 5.91. The molecule has 0 spiro atoms. The Morgan fingerprint density at radius 1 is 1.26 bits per heavy atom. The molecule has 0 radical (unpaired) electrons. The number of hydrogen-bond acceptors (Lipinski definition) is 4. The molecule has 2 unspecified atom stereocenters. The normalized spacial score (nSPS) is 18.7. The van der Waals surface area contributed by atoms with Crippen LogP contribution in [0.4, 0.5) is 0 Å². The van der Waals surface area contributed by atoms with Gasteiger partial charge in [-0.25, -0.2) is 0 Å². The summed E-state index contributed by atoms with van der Waals surface area (Å²) in [5.41, 5.74) is 1.13. The summed E-state index contributed by atoms with van der Waals surface area (Å²) in [5, 5.41) is 6.79. The van der Waals surface area contributed by atoms with Crippen LogP contribution in [0.1, 0.15) is 32.8 Å². The molecule has 0 aliphatic heterocycles. The van der Waals surface area contributed by atoms with Crippen LogP contribution in [-0.4, -0.2) is 57.3 Å². The van der Waals surface area contributed by atoms with Crippen molar-refractivity contribution >= 4 is 29.9 Å². The van der Waals surface area contributed by atoms with Crippen molar-refractivity contribution < 1.29 is 9.47 Å². The van der Waals surface area contributed by atoms with Gasteiger partial charge in [0.1, 0.15) is 6.61 Å². The van der Waals surface area contributed by atoms with Gasteiger partial charge >= 0.3 is 0 Å². The Morgan fingerprint density at radius 2 is 1.96 bits per heavy atom. The molecule has 0 amide bonds. The highest BCUT2D eigenvalue weighted by Crippen LogP contribution is 2.29. The summed E-state index contributed by atoms with van der Waals surface area (Å²) in [7, 11) is 3.48. The number of ether oxygens (including phenoxy) is 2. The molecule has 1 fully saturated rings. The number of nitrogens with zero attached hydrogens (tertiary/aromatic N) is 2. The first-order valence-electron chi connectivity index (χ1n) is 9.60. The Labute approximate surface area is 181 Å². The number of methoxy groups -OCH3 is 1. The topological polar surface area (TPSA) is 58.1 Å². The molecule has 1 aliphatic rings. The van der Waals surface area contributed by atoms with Crippen LogP contribution >= 0.6 is 24.0 Å². The van der Waals surface area contributed by atoms with Crippen molar-refractivity contribution in [2.45, 2.75) is 39.8 Å². The zero-order chi connectivity index (χ0) is 18.9. The van der Waals surface area contributed by atoms with Gasteiger partial charge < -0.3 is 25.0 Å². The Kier molecular flexibility index (Phi) is 10.8. The van der Waals surface area contributed by atoms with E-state index in [1.54, 1.807) is 14.2 Å². The van der Waals surface area contributed by atoms with Gasteiger partial charge in [-0.3, -0.25) is 4.99 Å². The van der Waals surface area contributed by atoms with Crippen molar-refractivity contribution in [2.75, 3.05) is 40.4 Å². The van der Waals surface area contributed by atoms with Crippen LogP contribution < -0.4 is 20.1 Å². The van der Waals surface area contributed by atoms with Crippen LogP contribution in [0.25, 0.3) is 0 Å². The van der Waals surface area contributed by atoms with Gasteiger partial charge in [-0.15, -0.1) is 24.0 Å². The van der Waals surface area contributed by atoms with Gasteiger partial charge in [-0.1, -0.05) is 26.8 Å². The number of rotatable bonds is 10. The fraction of sp³-hybridized carbons (Fsp3) is 0.650. The lowest BCUT2D eigenvalue weighted by Crippen LogP contribution is -2.38. The highest BCUT2D eigenvalue weighted by molar-refractivity contribution is 14.0. The maximum atomic E-state index is 5.91. The van der Waals surface area contributed by atoms with E-state index in [9.17, 15) is 0 Å². The third kappa shape index (κ3) is 7.73. The number of hydrogen-bond donors (Lipinski definition) is 2. The van der Waals surface area contributed by atoms with E-state index in [0.29, 0.717) is 19.2 Å². The molecule has 0 aromatic heterocycles. The molecule has 2 N–H and O–H groups in total. The Bertz CT molecular complexity index is 593. The minimum Gasteiger partial charge on any atom is -0.493 e. The number of benzene rings is 1. The first-order chi connectivity index (χ1) is 12.6. The lowest BCUT2D eigenvalue weighted by molar-refractivity contribution is 0.217. The summed E-state index contributed by atoms with van der Waals surface area (Å²) in [6.07, 6.45) is 1.22. The summed E-state index contributed by atoms with van der Waals surface area (Å²) >= 11 is 0. The van der Waals surface area contributed by atoms with Crippen molar-refractivity contribution in [3.63, 3.8) is 0 Å². The SMILES string of the molecule is CCN(CC)CCOc1ccc(CNC(=NC)NC2CC2C)cc1OC.I. The Hall–Kier alpha value is -1.22. The Balaban J connectivity index is 0.00000364. The molecule has 1 aromatic rings. The second-order valence-electron chi connectivity index (χ2n) is 6.75. The van der Waals surface area contributed by atoms with Gasteiger partial charge in [0.2, 0.25) is 0 Å². The van der Waals surface area contributed by atoms with Gasteiger partial charge in [0, 0.05) is 26.2 Å². The van der Waals surface area contributed by atoms with E-state index in [1.165, 1.54) is 6.42 Å². The molecule has 2 rings (SSSR count). The van der Waals surface area contributed by atoms with Crippen molar-refractivity contribution in [1.29, 1.82) is 0 Å². The summed E-state index contributed by atoms with van der Waals surface area (Å²) in [4.78, 5) is 6.62. The first kappa shape index (κ1) is 23.8. The highest BCUT2D eigenvalue weighted by atomic mass is 127. The van der Waals surface area contributed by atoms with Crippen molar-refractivity contribution in [3.05, 3.63) is 23.8 Å².